The molecule has 100 valence electrons. The molecular weight excluding hydrogens is 272 g/mol. The normalized spacial score (nSPS) is 10.2. The molecule has 9 heteroatoms. The molecule has 8 nitrogen and oxygen atoms in total. The van der Waals surface area contributed by atoms with Gasteiger partial charge in [-0.2, -0.15) is 0 Å². The second-order valence-corrected chi connectivity index (χ2v) is 4.36. The Morgan fingerprint density at radius 3 is 2.89 bits per heavy atom. The molecule has 0 spiro atoms. The van der Waals surface area contributed by atoms with E-state index in [2.05, 4.69) is 20.2 Å². The Morgan fingerprint density at radius 1 is 1.53 bits per heavy atom. The van der Waals surface area contributed by atoms with Gasteiger partial charge in [-0.15, -0.1) is 5.10 Å². The number of carboxylic acid groups (broad SMARTS) is 1. The molecule has 2 heterocycles. The Hall–Kier alpha value is -2.42. The number of furan rings is 1. The highest BCUT2D eigenvalue weighted by Gasteiger charge is 2.14. The summed E-state index contributed by atoms with van der Waals surface area (Å²) in [6, 6.07) is 0.934. The van der Waals surface area contributed by atoms with E-state index < -0.39 is 12.0 Å². The van der Waals surface area contributed by atoms with Gasteiger partial charge in [0.1, 0.15) is 22.1 Å². The SMILES string of the molecule is Cc1oc(CNC(=O)Nc2cnns2)cc1C(=O)O. The molecule has 0 atom stereocenters. The number of nitrogens with one attached hydrogen (secondary N) is 2. The predicted molar refractivity (Wildman–Crippen MR) is 66.2 cm³/mol. The van der Waals surface area contributed by atoms with Crippen molar-refractivity contribution < 1.29 is 19.1 Å². The average Bonchev–Trinajstić information content (AvgIpc) is 2.96. The molecule has 19 heavy (non-hydrogen) atoms. The quantitative estimate of drug-likeness (QED) is 0.781. The first kappa shape index (κ1) is 13.0. The van der Waals surface area contributed by atoms with E-state index in [9.17, 15) is 9.59 Å². The number of carboxylic acids is 1. The van der Waals surface area contributed by atoms with Gasteiger partial charge in [0.25, 0.3) is 0 Å². The molecule has 0 saturated carbocycles. The molecule has 0 fully saturated rings. The molecule has 0 aliphatic rings. The summed E-state index contributed by atoms with van der Waals surface area (Å²) in [6.07, 6.45) is 1.42. The van der Waals surface area contributed by atoms with Crippen molar-refractivity contribution in [1.82, 2.24) is 14.9 Å². The monoisotopic (exact) mass is 282 g/mol. The van der Waals surface area contributed by atoms with Crippen LogP contribution in [0.4, 0.5) is 9.80 Å². The molecule has 2 aromatic rings. The van der Waals surface area contributed by atoms with E-state index >= 15 is 0 Å². The van der Waals surface area contributed by atoms with E-state index in [1.807, 2.05) is 0 Å². The number of amides is 2. The van der Waals surface area contributed by atoms with E-state index in [1.54, 1.807) is 6.92 Å². The zero-order valence-electron chi connectivity index (χ0n) is 9.84. The molecule has 3 N–H and O–H groups in total. The molecule has 0 radical (unpaired) electrons. The first-order valence-corrected chi connectivity index (χ1v) is 5.98. The van der Waals surface area contributed by atoms with E-state index in [-0.39, 0.29) is 12.1 Å². The first-order chi connectivity index (χ1) is 9.06. The Bertz CT molecular complexity index is 593. The van der Waals surface area contributed by atoms with Crippen LogP contribution in [0.25, 0.3) is 0 Å². The van der Waals surface area contributed by atoms with Crippen molar-refractivity contribution in [2.24, 2.45) is 0 Å². The number of carbonyl (C=O) groups is 2. The van der Waals surface area contributed by atoms with Crippen LogP contribution in [-0.4, -0.2) is 26.7 Å². The number of hydrogen-bond donors (Lipinski definition) is 3. The van der Waals surface area contributed by atoms with Crippen molar-refractivity contribution in [3.05, 3.63) is 29.3 Å². The summed E-state index contributed by atoms with van der Waals surface area (Å²) in [5, 5.41) is 18.0. The molecule has 0 aromatic carbocycles. The van der Waals surface area contributed by atoms with Crippen LogP contribution < -0.4 is 10.6 Å². The summed E-state index contributed by atoms with van der Waals surface area (Å²) >= 11 is 1.05. The van der Waals surface area contributed by atoms with Crippen LogP contribution >= 0.6 is 11.5 Å². The smallest absolute Gasteiger partial charge is 0.339 e. The summed E-state index contributed by atoms with van der Waals surface area (Å²) in [6.45, 7) is 1.64. The van der Waals surface area contributed by atoms with Gasteiger partial charge in [-0.1, -0.05) is 4.49 Å². The maximum atomic E-state index is 11.5. The fourth-order valence-electron chi connectivity index (χ4n) is 1.39. The minimum atomic E-state index is -1.06. The molecule has 2 aromatic heterocycles. The largest absolute Gasteiger partial charge is 0.478 e. The maximum absolute atomic E-state index is 11.5. The number of anilines is 1. The molecule has 0 unspecified atom stereocenters. The second kappa shape index (κ2) is 5.48. The highest BCUT2D eigenvalue weighted by Crippen LogP contribution is 2.14. The lowest BCUT2D eigenvalue weighted by molar-refractivity contribution is 0.0695. The summed E-state index contributed by atoms with van der Waals surface area (Å²) in [5.41, 5.74) is 0.0869. The van der Waals surface area contributed by atoms with Crippen molar-refractivity contribution in [3.63, 3.8) is 0 Å². The molecular formula is C10H10N4O4S. The molecule has 0 saturated heterocycles. The lowest BCUT2D eigenvalue weighted by Crippen LogP contribution is -2.27. The number of aromatic carboxylic acids is 1. The van der Waals surface area contributed by atoms with Gasteiger partial charge in [0.2, 0.25) is 0 Å². The lowest BCUT2D eigenvalue weighted by atomic mass is 10.2. The second-order valence-electron chi connectivity index (χ2n) is 3.58. The van der Waals surface area contributed by atoms with Gasteiger partial charge >= 0.3 is 12.0 Å². The van der Waals surface area contributed by atoms with Crippen LogP contribution in [-0.2, 0) is 6.54 Å². The van der Waals surface area contributed by atoms with Crippen LogP contribution in [0.5, 0.6) is 0 Å². The van der Waals surface area contributed by atoms with Crippen molar-refractivity contribution in [2.75, 3.05) is 5.32 Å². The summed E-state index contributed by atoms with van der Waals surface area (Å²) in [4.78, 5) is 22.3. The van der Waals surface area contributed by atoms with Crippen molar-refractivity contribution >= 4 is 28.5 Å². The third-order valence-corrected chi connectivity index (χ3v) is 2.80. The van der Waals surface area contributed by atoms with Gasteiger partial charge in [0.05, 0.1) is 12.7 Å². The van der Waals surface area contributed by atoms with Crippen LogP contribution in [0.3, 0.4) is 0 Å². The van der Waals surface area contributed by atoms with Gasteiger partial charge in [-0.3, -0.25) is 5.32 Å². The fourth-order valence-corrected chi connectivity index (χ4v) is 1.80. The van der Waals surface area contributed by atoms with Crippen molar-refractivity contribution in [3.8, 4) is 0 Å². The zero-order valence-corrected chi connectivity index (χ0v) is 10.7. The summed E-state index contributed by atoms with van der Waals surface area (Å²) < 4.78 is 8.81. The fraction of sp³-hybridized carbons (Fsp3) is 0.200. The number of urea groups is 1. The van der Waals surface area contributed by atoms with Gasteiger partial charge in [-0.25, -0.2) is 9.59 Å². The van der Waals surface area contributed by atoms with Crippen molar-refractivity contribution in [2.45, 2.75) is 13.5 Å². The van der Waals surface area contributed by atoms with Crippen LogP contribution in [0.15, 0.2) is 16.7 Å². The Morgan fingerprint density at radius 2 is 2.32 bits per heavy atom. The standard InChI is InChI=1S/C10H10N4O4S/c1-5-7(9(15)16)2-6(18-5)3-11-10(17)13-8-4-12-14-19-8/h2,4H,3H2,1H3,(H,15,16)(H2,11,13,17). The van der Waals surface area contributed by atoms with E-state index in [0.29, 0.717) is 16.5 Å². The minimum Gasteiger partial charge on any atom is -0.478 e. The zero-order chi connectivity index (χ0) is 13.8. The Balaban J connectivity index is 1.90. The number of hydrogen-bond acceptors (Lipinski definition) is 6. The lowest BCUT2D eigenvalue weighted by Gasteiger charge is -2.02. The molecule has 2 rings (SSSR count). The van der Waals surface area contributed by atoms with Crippen LogP contribution in [0, 0.1) is 6.92 Å². The van der Waals surface area contributed by atoms with Crippen molar-refractivity contribution in [1.29, 1.82) is 0 Å². The number of rotatable bonds is 4. The molecule has 0 aliphatic heterocycles. The molecule has 0 bridgehead atoms. The third-order valence-electron chi connectivity index (χ3n) is 2.22. The minimum absolute atomic E-state index is 0.0869. The summed E-state index contributed by atoms with van der Waals surface area (Å²) in [5.74, 6) is -0.392. The van der Waals surface area contributed by atoms with Gasteiger partial charge in [-0.05, 0) is 13.0 Å². The Labute approximate surface area is 111 Å². The van der Waals surface area contributed by atoms with E-state index in [1.165, 1.54) is 12.3 Å². The van der Waals surface area contributed by atoms with Gasteiger partial charge < -0.3 is 14.8 Å². The van der Waals surface area contributed by atoms with Gasteiger partial charge in [0.15, 0.2) is 0 Å². The molecule has 2 amide bonds. The third kappa shape index (κ3) is 3.28. The van der Waals surface area contributed by atoms with Gasteiger partial charge in [0, 0.05) is 11.5 Å². The number of aromatic nitrogens is 2. The number of carbonyl (C=O) groups excluding carboxylic acids is 1. The van der Waals surface area contributed by atoms with E-state index in [0.717, 1.165) is 11.5 Å². The first-order valence-electron chi connectivity index (χ1n) is 5.21. The van der Waals surface area contributed by atoms with Crippen LogP contribution in [0.2, 0.25) is 0 Å². The number of nitrogens with zero attached hydrogens (tertiary/aromatic N) is 2. The maximum Gasteiger partial charge on any atom is 0.339 e. The highest BCUT2D eigenvalue weighted by atomic mass is 32.1. The predicted octanol–water partition coefficient (Wildman–Crippen LogP) is 1.46. The average molecular weight is 282 g/mol. The topological polar surface area (TPSA) is 117 Å². The number of aryl methyl sites for hydroxylation is 1. The van der Waals surface area contributed by atoms with Crippen LogP contribution in [0.1, 0.15) is 21.9 Å². The Kier molecular flexibility index (Phi) is 3.76. The molecule has 0 aliphatic carbocycles. The highest BCUT2D eigenvalue weighted by molar-refractivity contribution is 7.10. The summed E-state index contributed by atoms with van der Waals surface area (Å²) in [7, 11) is 0. The van der Waals surface area contributed by atoms with E-state index in [4.69, 9.17) is 9.52 Å².